The van der Waals surface area contributed by atoms with Crippen LogP contribution in [0, 0.1) is 5.82 Å². The van der Waals surface area contributed by atoms with Crippen LogP contribution in [-0.4, -0.2) is 11.7 Å². The summed E-state index contributed by atoms with van der Waals surface area (Å²) in [5.41, 5.74) is 6.29. The molecule has 0 radical (unpaired) electrons. The number of hydrogen-bond donors (Lipinski definition) is 2. The predicted molar refractivity (Wildman–Crippen MR) is 82.5 cm³/mol. The van der Waals surface area contributed by atoms with Crippen molar-refractivity contribution in [3.63, 3.8) is 0 Å². The Hall–Kier alpha value is -0.360. The van der Waals surface area contributed by atoms with Gasteiger partial charge in [0.2, 0.25) is 0 Å². The van der Waals surface area contributed by atoms with Gasteiger partial charge in [0.05, 0.1) is 10.4 Å². The van der Waals surface area contributed by atoms with Gasteiger partial charge in [0.25, 0.3) is 0 Å². The molecule has 1 heterocycles. The summed E-state index contributed by atoms with van der Waals surface area (Å²) in [7, 11) is 0. The van der Waals surface area contributed by atoms with Crippen LogP contribution in [-0.2, 0) is 0 Å². The van der Waals surface area contributed by atoms with E-state index in [1.807, 2.05) is 0 Å². The van der Waals surface area contributed by atoms with Gasteiger partial charge in [-0.25, -0.2) is 4.39 Å². The average Bonchev–Trinajstić information content (AvgIpc) is 2.72. The van der Waals surface area contributed by atoms with E-state index in [4.69, 9.17) is 40.5 Å². The lowest BCUT2D eigenvalue weighted by molar-refractivity contribution is 0.146. The number of nitrogens with two attached hydrogens (primary N) is 1. The molecule has 1 aromatic carbocycles. The zero-order valence-electron chi connectivity index (χ0n) is 10.1. The summed E-state index contributed by atoms with van der Waals surface area (Å²) >= 11 is 19.0. The highest BCUT2D eigenvalue weighted by molar-refractivity contribution is 7.20. The predicted octanol–water partition coefficient (Wildman–Crippen LogP) is 4.62. The molecule has 2 unspecified atom stereocenters. The van der Waals surface area contributed by atoms with Gasteiger partial charge in [-0.15, -0.1) is 11.3 Å². The molecule has 0 saturated carbocycles. The molecule has 1 aromatic heterocycles. The van der Waals surface area contributed by atoms with Crippen LogP contribution in [0.3, 0.4) is 0 Å². The normalized spacial score (nSPS) is 14.3. The number of benzene rings is 1. The minimum Gasteiger partial charge on any atom is -0.388 e. The van der Waals surface area contributed by atoms with Crippen LogP contribution in [0.5, 0.6) is 0 Å². The van der Waals surface area contributed by atoms with Gasteiger partial charge in [-0.1, -0.05) is 40.9 Å². The van der Waals surface area contributed by atoms with Crippen LogP contribution in [0.4, 0.5) is 4.39 Å². The van der Waals surface area contributed by atoms with E-state index in [1.54, 1.807) is 12.1 Å². The van der Waals surface area contributed by atoms with E-state index in [0.717, 1.165) is 11.3 Å². The minimum atomic E-state index is -1.08. The van der Waals surface area contributed by atoms with Crippen LogP contribution in [0.1, 0.15) is 23.1 Å². The van der Waals surface area contributed by atoms with Crippen LogP contribution < -0.4 is 5.73 Å². The zero-order chi connectivity index (χ0) is 14.9. The summed E-state index contributed by atoms with van der Waals surface area (Å²) in [6.45, 7) is 0.0195. The minimum absolute atomic E-state index is 0.0195. The Morgan fingerprint density at radius 3 is 2.50 bits per heavy atom. The van der Waals surface area contributed by atoms with Crippen molar-refractivity contribution in [1.29, 1.82) is 0 Å². The third kappa shape index (κ3) is 3.11. The molecular weight excluding hydrogens is 344 g/mol. The number of aliphatic hydroxyl groups excluding tert-OH is 1. The summed E-state index contributed by atoms with van der Waals surface area (Å²) in [6.07, 6.45) is -1.08. The van der Waals surface area contributed by atoms with Gasteiger partial charge in [0, 0.05) is 28.6 Å². The molecule has 0 aliphatic rings. The first-order chi connectivity index (χ1) is 9.45. The SMILES string of the molecule is NCC(c1c(F)cccc1Cl)C(O)c1cc(Cl)sc1Cl. The highest BCUT2D eigenvalue weighted by Gasteiger charge is 2.28. The molecule has 3 N–H and O–H groups in total. The number of thiophene rings is 1. The van der Waals surface area contributed by atoms with E-state index in [0.29, 0.717) is 14.2 Å². The lowest BCUT2D eigenvalue weighted by Gasteiger charge is -2.23. The first-order valence-electron chi connectivity index (χ1n) is 5.72. The molecule has 2 atom stereocenters. The Kier molecular flexibility index (Phi) is 5.29. The summed E-state index contributed by atoms with van der Waals surface area (Å²) in [4.78, 5) is 0. The number of halogens is 4. The van der Waals surface area contributed by atoms with Crippen molar-refractivity contribution in [2.75, 3.05) is 6.54 Å². The van der Waals surface area contributed by atoms with E-state index in [9.17, 15) is 9.50 Å². The molecule has 0 spiro atoms. The lowest BCUT2D eigenvalue weighted by Crippen LogP contribution is -2.21. The van der Waals surface area contributed by atoms with E-state index < -0.39 is 17.8 Å². The van der Waals surface area contributed by atoms with Gasteiger partial charge in [-0.2, -0.15) is 0 Å². The third-order valence-electron chi connectivity index (χ3n) is 3.01. The van der Waals surface area contributed by atoms with Crippen molar-refractivity contribution in [1.82, 2.24) is 0 Å². The average molecular weight is 355 g/mol. The second-order valence-corrected chi connectivity index (χ2v) is 6.89. The van der Waals surface area contributed by atoms with Gasteiger partial charge in [-0.3, -0.25) is 0 Å². The molecule has 2 aromatic rings. The quantitative estimate of drug-likeness (QED) is 0.841. The van der Waals surface area contributed by atoms with Crippen LogP contribution in [0.2, 0.25) is 13.7 Å². The Morgan fingerprint density at radius 2 is 2.00 bits per heavy atom. The smallest absolute Gasteiger partial charge is 0.128 e. The maximum absolute atomic E-state index is 14.0. The molecular formula is C13H11Cl3FNOS. The third-order valence-corrected chi connectivity index (χ3v) is 4.85. The highest BCUT2D eigenvalue weighted by atomic mass is 35.5. The van der Waals surface area contributed by atoms with Gasteiger partial charge in [0.15, 0.2) is 0 Å². The van der Waals surface area contributed by atoms with E-state index >= 15 is 0 Å². The molecule has 7 heteroatoms. The molecule has 0 saturated heterocycles. The molecule has 20 heavy (non-hydrogen) atoms. The second-order valence-electron chi connectivity index (χ2n) is 4.20. The molecule has 0 fully saturated rings. The molecule has 0 amide bonds. The monoisotopic (exact) mass is 353 g/mol. The zero-order valence-corrected chi connectivity index (χ0v) is 13.2. The van der Waals surface area contributed by atoms with E-state index in [2.05, 4.69) is 0 Å². The summed E-state index contributed by atoms with van der Waals surface area (Å²) < 4.78 is 14.8. The van der Waals surface area contributed by atoms with Crippen molar-refractivity contribution in [3.8, 4) is 0 Å². The van der Waals surface area contributed by atoms with Gasteiger partial charge >= 0.3 is 0 Å². The number of aliphatic hydroxyl groups is 1. The summed E-state index contributed by atoms with van der Waals surface area (Å²) in [5, 5.41) is 10.7. The molecule has 0 aliphatic heterocycles. The van der Waals surface area contributed by atoms with Crippen molar-refractivity contribution in [2.24, 2.45) is 5.73 Å². The van der Waals surface area contributed by atoms with Crippen LogP contribution in [0.15, 0.2) is 24.3 Å². The largest absolute Gasteiger partial charge is 0.388 e. The molecule has 2 nitrogen and oxygen atoms in total. The lowest BCUT2D eigenvalue weighted by atomic mass is 9.90. The first-order valence-corrected chi connectivity index (χ1v) is 7.67. The van der Waals surface area contributed by atoms with Crippen LogP contribution in [0.25, 0.3) is 0 Å². The number of rotatable bonds is 4. The fraction of sp³-hybridized carbons (Fsp3) is 0.231. The summed E-state index contributed by atoms with van der Waals surface area (Å²) in [5.74, 6) is -1.21. The molecule has 2 rings (SSSR count). The Morgan fingerprint density at radius 1 is 1.30 bits per heavy atom. The van der Waals surface area contributed by atoms with Crippen molar-refractivity contribution in [3.05, 3.63) is 54.9 Å². The highest BCUT2D eigenvalue weighted by Crippen LogP contribution is 2.42. The number of hydrogen-bond acceptors (Lipinski definition) is 3. The topological polar surface area (TPSA) is 46.2 Å². The second kappa shape index (κ2) is 6.60. The van der Waals surface area contributed by atoms with Crippen LogP contribution >= 0.6 is 46.1 Å². The Balaban J connectivity index is 2.45. The fourth-order valence-electron chi connectivity index (χ4n) is 2.04. The van der Waals surface area contributed by atoms with Crippen molar-refractivity contribution in [2.45, 2.75) is 12.0 Å². The Bertz CT molecular complexity index is 599. The van der Waals surface area contributed by atoms with E-state index in [1.165, 1.54) is 12.1 Å². The molecule has 0 bridgehead atoms. The summed E-state index contributed by atoms with van der Waals surface area (Å²) in [6, 6.07) is 5.88. The standard InChI is InChI=1S/C13H11Cl3FNOS/c14-8-2-1-3-9(17)11(8)7(5-18)12(19)6-4-10(15)20-13(6)16/h1-4,7,12,19H,5,18H2. The maximum atomic E-state index is 14.0. The van der Waals surface area contributed by atoms with E-state index in [-0.39, 0.29) is 17.1 Å². The van der Waals surface area contributed by atoms with Gasteiger partial charge in [-0.05, 0) is 18.2 Å². The Labute approximate surface area is 134 Å². The fourth-order valence-corrected chi connectivity index (χ4v) is 3.88. The molecule has 0 aliphatic carbocycles. The van der Waals surface area contributed by atoms with Gasteiger partial charge < -0.3 is 10.8 Å². The van der Waals surface area contributed by atoms with Crippen molar-refractivity contribution >= 4 is 46.1 Å². The van der Waals surface area contributed by atoms with Gasteiger partial charge in [0.1, 0.15) is 10.2 Å². The molecule has 108 valence electrons. The first kappa shape index (κ1) is 16.0. The maximum Gasteiger partial charge on any atom is 0.128 e. The van der Waals surface area contributed by atoms with Crippen molar-refractivity contribution < 1.29 is 9.50 Å².